The van der Waals surface area contributed by atoms with Gasteiger partial charge in [-0.05, 0) is 45.2 Å². The van der Waals surface area contributed by atoms with Crippen LogP contribution in [0.1, 0.15) is 43.7 Å². The average molecular weight is 308 g/mol. The summed E-state index contributed by atoms with van der Waals surface area (Å²) in [5, 5.41) is 3.32. The second-order valence-electron chi connectivity index (χ2n) is 4.69. The van der Waals surface area contributed by atoms with E-state index in [4.69, 9.17) is 27.9 Å². The molecule has 0 radical (unpaired) electrons. The fourth-order valence-corrected chi connectivity index (χ4v) is 4.05. The summed E-state index contributed by atoms with van der Waals surface area (Å²) in [4.78, 5) is 0. The number of nitrogens with one attached hydrogen (secondary N) is 1. The van der Waals surface area contributed by atoms with Crippen LogP contribution in [0, 0.1) is 0 Å². The number of halogens is 2. The molecular formula is C13H19Cl2NOS. The van der Waals surface area contributed by atoms with Gasteiger partial charge in [0, 0.05) is 18.2 Å². The molecule has 2 atom stereocenters. The third kappa shape index (κ3) is 3.84. The van der Waals surface area contributed by atoms with E-state index in [0.29, 0.717) is 12.1 Å². The van der Waals surface area contributed by atoms with E-state index in [9.17, 15) is 0 Å². The predicted octanol–water partition coefficient (Wildman–Crippen LogP) is 4.66. The van der Waals surface area contributed by atoms with Crippen LogP contribution in [-0.4, -0.2) is 19.8 Å². The molecule has 0 amide bonds. The zero-order valence-corrected chi connectivity index (χ0v) is 12.9. The van der Waals surface area contributed by atoms with Crippen molar-refractivity contribution in [1.29, 1.82) is 0 Å². The van der Waals surface area contributed by atoms with Crippen LogP contribution in [0.3, 0.4) is 0 Å². The molecule has 5 heteroatoms. The molecule has 0 aliphatic carbocycles. The lowest BCUT2D eigenvalue weighted by atomic mass is 10.0. The molecule has 2 heterocycles. The van der Waals surface area contributed by atoms with Gasteiger partial charge >= 0.3 is 0 Å². The zero-order chi connectivity index (χ0) is 13.0. The molecule has 0 saturated carbocycles. The van der Waals surface area contributed by atoms with E-state index in [0.717, 1.165) is 40.1 Å². The second-order valence-corrected chi connectivity index (χ2v) is 6.97. The Balaban J connectivity index is 1.83. The molecule has 1 aromatic heterocycles. The molecule has 1 N–H and O–H groups in total. The van der Waals surface area contributed by atoms with Gasteiger partial charge in [-0.25, -0.2) is 0 Å². The molecule has 0 aromatic carbocycles. The maximum atomic E-state index is 6.19. The smallest absolute Gasteiger partial charge is 0.0991 e. The van der Waals surface area contributed by atoms with Crippen molar-refractivity contribution in [1.82, 2.24) is 5.32 Å². The first-order valence-electron chi connectivity index (χ1n) is 6.44. The highest BCUT2D eigenvalue weighted by atomic mass is 35.5. The van der Waals surface area contributed by atoms with Crippen molar-refractivity contribution in [2.24, 2.45) is 0 Å². The summed E-state index contributed by atoms with van der Waals surface area (Å²) in [6.07, 6.45) is 6.28. The highest BCUT2D eigenvalue weighted by Gasteiger charge is 2.18. The molecule has 1 aromatic rings. The van der Waals surface area contributed by atoms with Crippen LogP contribution >= 0.6 is 34.5 Å². The van der Waals surface area contributed by atoms with Gasteiger partial charge in [-0.2, -0.15) is 0 Å². The summed E-state index contributed by atoms with van der Waals surface area (Å²) >= 11 is 13.6. The molecule has 1 aliphatic rings. The molecule has 2 nitrogen and oxygen atoms in total. The third-order valence-corrected chi connectivity index (χ3v) is 4.97. The molecular weight excluding hydrogens is 289 g/mol. The third-order valence-electron chi connectivity index (χ3n) is 3.45. The zero-order valence-electron chi connectivity index (χ0n) is 10.5. The van der Waals surface area contributed by atoms with Crippen LogP contribution in [0.15, 0.2) is 6.07 Å². The number of hydrogen-bond donors (Lipinski definition) is 1. The SMILES string of the molecule is CNC(CCCC1CCCO1)c1cc(Cl)sc1Cl. The van der Waals surface area contributed by atoms with Gasteiger partial charge in [0.1, 0.15) is 0 Å². The van der Waals surface area contributed by atoms with Gasteiger partial charge in [0.15, 0.2) is 0 Å². The highest BCUT2D eigenvalue weighted by Crippen LogP contribution is 2.36. The summed E-state index contributed by atoms with van der Waals surface area (Å²) in [6, 6.07) is 2.27. The average Bonchev–Trinajstić information content (AvgIpc) is 2.95. The fourth-order valence-electron chi connectivity index (χ4n) is 2.47. The van der Waals surface area contributed by atoms with Crippen molar-refractivity contribution in [3.63, 3.8) is 0 Å². The molecule has 0 bridgehead atoms. The number of rotatable bonds is 6. The van der Waals surface area contributed by atoms with Crippen molar-refractivity contribution in [2.45, 2.75) is 44.2 Å². The Morgan fingerprint density at radius 3 is 2.94 bits per heavy atom. The topological polar surface area (TPSA) is 21.3 Å². The van der Waals surface area contributed by atoms with Gasteiger partial charge in [-0.1, -0.05) is 23.2 Å². The molecule has 1 fully saturated rings. The minimum atomic E-state index is 0.294. The Bertz CT molecular complexity index is 377. The second kappa shape index (κ2) is 7.11. The summed E-state index contributed by atoms with van der Waals surface area (Å²) in [5.74, 6) is 0. The van der Waals surface area contributed by atoms with Crippen molar-refractivity contribution < 1.29 is 4.74 Å². The lowest BCUT2D eigenvalue weighted by Gasteiger charge is -2.16. The summed E-state index contributed by atoms with van der Waals surface area (Å²) in [5.41, 5.74) is 1.13. The van der Waals surface area contributed by atoms with Crippen LogP contribution in [0.4, 0.5) is 0 Å². The van der Waals surface area contributed by atoms with Crippen LogP contribution in [-0.2, 0) is 4.74 Å². The number of hydrogen-bond acceptors (Lipinski definition) is 3. The van der Waals surface area contributed by atoms with E-state index in [1.165, 1.54) is 24.2 Å². The Kier molecular flexibility index (Phi) is 5.77. The lowest BCUT2D eigenvalue weighted by Crippen LogP contribution is -2.16. The van der Waals surface area contributed by atoms with E-state index in [1.54, 1.807) is 0 Å². The first-order valence-corrected chi connectivity index (χ1v) is 8.01. The van der Waals surface area contributed by atoms with E-state index in [2.05, 4.69) is 5.32 Å². The van der Waals surface area contributed by atoms with Gasteiger partial charge in [0.25, 0.3) is 0 Å². The van der Waals surface area contributed by atoms with Crippen molar-refractivity contribution in [2.75, 3.05) is 13.7 Å². The van der Waals surface area contributed by atoms with E-state index >= 15 is 0 Å². The summed E-state index contributed by atoms with van der Waals surface area (Å²) < 4.78 is 7.20. The first-order chi connectivity index (χ1) is 8.70. The first kappa shape index (κ1) is 14.6. The van der Waals surface area contributed by atoms with Gasteiger partial charge in [-0.15, -0.1) is 11.3 Å². The molecule has 2 unspecified atom stereocenters. The van der Waals surface area contributed by atoms with Gasteiger partial charge in [0.05, 0.1) is 14.8 Å². The molecule has 2 rings (SSSR count). The monoisotopic (exact) mass is 307 g/mol. The quantitative estimate of drug-likeness (QED) is 0.825. The maximum Gasteiger partial charge on any atom is 0.0991 e. The van der Waals surface area contributed by atoms with Crippen LogP contribution in [0.25, 0.3) is 0 Å². The summed E-state index contributed by atoms with van der Waals surface area (Å²) in [6.45, 7) is 0.937. The van der Waals surface area contributed by atoms with E-state index < -0.39 is 0 Å². The van der Waals surface area contributed by atoms with Crippen molar-refractivity contribution >= 4 is 34.5 Å². The molecule has 0 spiro atoms. The van der Waals surface area contributed by atoms with E-state index in [-0.39, 0.29) is 0 Å². The number of thiophene rings is 1. The highest BCUT2D eigenvalue weighted by molar-refractivity contribution is 7.20. The van der Waals surface area contributed by atoms with Crippen LogP contribution in [0.5, 0.6) is 0 Å². The minimum absolute atomic E-state index is 0.294. The van der Waals surface area contributed by atoms with Gasteiger partial charge in [-0.3, -0.25) is 0 Å². The Hall–Kier alpha value is 0.200. The molecule has 1 aliphatic heterocycles. The molecule has 1 saturated heterocycles. The lowest BCUT2D eigenvalue weighted by molar-refractivity contribution is 0.101. The minimum Gasteiger partial charge on any atom is -0.378 e. The summed E-state index contributed by atoms with van der Waals surface area (Å²) in [7, 11) is 1.97. The normalized spacial score (nSPS) is 21.4. The molecule has 102 valence electrons. The fraction of sp³-hybridized carbons (Fsp3) is 0.692. The predicted molar refractivity (Wildman–Crippen MR) is 79.0 cm³/mol. The Morgan fingerprint density at radius 2 is 2.39 bits per heavy atom. The maximum absolute atomic E-state index is 6.19. The van der Waals surface area contributed by atoms with Gasteiger partial charge < -0.3 is 10.1 Å². The Labute approximate surface area is 123 Å². The van der Waals surface area contributed by atoms with Crippen molar-refractivity contribution in [3.05, 3.63) is 20.3 Å². The Morgan fingerprint density at radius 1 is 1.56 bits per heavy atom. The van der Waals surface area contributed by atoms with Crippen LogP contribution in [0.2, 0.25) is 8.67 Å². The largest absolute Gasteiger partial charge is 0.378 e. The number of ether oxygens (including phenoxy) is 1. The van der Waals surface area contributed by atoms with Crippen LogP contribution < -0.4 is 5.32 Å². The van der Waals surface area contributed by atoms with Crippen molar-refractivity contribution in [3.8, 4) is 0 Å². The standard InChI is InChI=1S/C13H19Cl2NOS/c1-16-11(10-8-12(14)18-13(10)15)6-2-4-9-5-3-7-17-9/h8-9,11,16H,2-7H2,1H3. The van der Waals surface area contributed by atoms with Gasteiger partial charge in [0.2, 0.25) is 0 Å². The van der Waals surface area contributed by atoms with E-state index in [1.807, 2.05) is 13.1 Å². The molecule has 18 heavy (non-hydrogen) atoms.